The zero-order valence-corrected chi connectivity index (χ0v) is 11.4. The number of isocyanates is 1. The van der Waals surface area contributed by atoms with E-state index in [9.17, 15) is 4.79 Å². The van der Waals surface area contributed by atoms with Gasteiger partial charge in [-0.2, -0.15) is 4.99 Å². The van der Waals surface area contributed by atoms with Crippen LogP contribution in [0.3, 0.4) is 0 Å². The number of nitrogens with zero attached hydrogens (tertiary/aromatic N) is 1. The summed E-state index contributed by atoms with van der Waals surface area (Å²) in [5.41, 5.74) is 1.80. The van der Waals surface area contributed by atoms with Gasteiger partial charge in [0, 0.05) is 0 Å². The Kier molecular flexibility index (Phi) is 4.53. The summed E-state index contributed by atoms with van der Waals surface area (Å²) in [7, 11) is 3.22. The molecule has 0 N–H and O–H groups in total. The topological polar surface area (TPSA) is 47.9 Å². The van der Waals surface area contributed by atoms with Crippen LogP contribution >= 0.6 is 0 Å². The van der Waals surface area contributed by atoms with Crippen molar-refractivity contribution in [1.82, 2.24) is 0 Å². The van der Waals surface area contributed by atoms with Gasteiger partial charge in [0.2, 0.25) is 6.08 Å². The predicted octanol–water partition coefficient (Wildman–Crippen LogP) is 3.13. The molecule has 0 unspecified atom stereocenters. The van der Waals surface area contributed by atoms with E-state index in [4.69, 9.17) is 9.47 Å². The monoisotopic (exact) mass is 269 g/mol. The maximum Gasteiger partial charge on any atom is 0.235 e. The molecule has 0 heterocycles. The van der Waals surface area contributed by atoms with Gasteiger partial charge in [0.1, 0.15) is 17.5 Å². The number of methoxy groups -OCH3 is 2. The Bertz CT molecular complexity index is 551. The van der Waals surface area contributed by atoms with Crippen LogP contribution in [0.5, 0.6) is 11.5 Å². The van der Waals surface area contributed by atoms with Gasteiger partial charge in [-0.3, -0.25) is 0 Å². The normalized spacial score (nSPS) is 9.95. The largest absolute Gasteiger partial charge is 0.497 e. The zero-order chi connectivity index (χ0) is 14.4. The van der Waals surface area contributed by atoms with Crippen LogP contribution in [0.25, 0.3) is 0 Å². The molecule has 2 aromatic rings. The van der Waals surface area contributed by atoms with Crippen LogP contribution in [-0.2, 0) is 4.79 Å². The first-order chi connectivity index (χ1) is 9.78. The van der Waals surface area contributed by atoms with Crippen molar-refractivity contribution in [2.24, 2.45) is 4.99 Å². The molecule has 0 spiro atoms. The summed E-state index contributed by atoms with van der Waals surface area (Å²) in [5.74, 6) is 1.52. The van der Waals surface area contributed by atoms with Crippen molar-refractivity contribution in [3.05, 3.63) is 59.7 Å². The Morgan fingerprint density at radius 2 is 1.25 bits per heavy atom. The summed E-state index contributed by atoms with van der Waals surface area (Å²) in [6.45, 7) is 0. The van der Waals surface area contributed by atoms with E-state index >= 15 is 0 Å². The molecule has 0 aromatic heterocycles. The first-order valence-electron chi connectivity index (χ1n) is 6.13. The fraction of sp³-hybridized carbons (Fsp3) is 0.188. The molecule has 4 nitrogen and oxygen atoms in total. The molecule has 2 aromatic carbocycles. The number of hydrogen-bond donors (Lipinski definition) is 0. The van der Waals surface area contributed by atoms with Crippen molar-refractivity contribution in [2.75, 3.05) is 14.2 Å². The van der Waals surface area contributed by atoms with E-state index in [-0.39, 0.29) is 6.04 Å². The molecule has 20 heavy (non-hydrogen) atoms. The van der Waals surface area contributed by atoms with E-state index in [1.807, 2.05) is 48.5 Å². The van der Waals surface area contributed by atoms with Gasteiger partial charge in [-0.25, -0.2) is 4.79 Å². The second-order valence-electron chi connectivity index (χ2n) is 4.17. The number of ether oxygens (including phenoxy) is 2. The van der Waals surface area contributed by atoms with E-state index in [0.717, 1.165) is 22.6 Å². The Hall–Kier alpha value is -2.58. The first-order valence-corrected chi connectivity index (χ1v) is 6.13. The summed E-state index contributed by atoms with van der Waals surface area (Å²) in [6.07, 6.45) is 1.63. The third-order valence-corrected chi connectivity index (χ3v) is 3.04. The van der Waals surface area contributed by atoms with Crippen molar-refractivity contribution in [2.45, 2.75) is 6.04 Å². The van der Waals surface area contributed by atoms with Gasteiger partial charge in [-0.05, 0) is 35.4 Å². The highest BCUT2D eigenvalue weighted by atomic mass is 16.5. The fourth-order valence-electron chi connectivity index (χ4n) is 1.97. The molecule has 4 heteroatoms. The van der Waals surface area contributed by atoms with Crippen molar-refractivity contribution >= 4 is 6.08 Å². The van der Waals surface area contributed by atoms with Crippen LogP contribution in [0.15, 0.2) is 53.5 Å². The van der Waals surface area contributed by atoms with E-state index in [0.29, 0.717) is 0 Å². The van der Waals surface area contributed by atoms with Gasteiger partial charge >= 0.3 is 0 Å². The molecular weight excluding hydrogens is 254 g/mol. The zero-order valence-electron chi connectivity index (χ0n) is 11.4. The van der Waals surface area contributed by atoms with Gasteiger partial charge in [0.05, 0.1) is 14.2 Å². The Morgan fingerprint density at radius 3 is 1.55 bits per heavy atom. The third kappa shape index (κ3) is 3.05. The van der Waals surface area contributed by atoms with Crippen LogP contribution in [0.4, 0.5) is 0 Å². The Balaban J connectivity index is 2.35. The molecule has 0 aliphatic heterocycles. The lowest BCUT2D eigenvalue weighted by atomic mass is 9.99. The lowest BCUT2D eigenvalue weighted by molar-refractivity contribution is 0.414. The number of rotatable bonds is 5. The molecule has 0 aliphatic rings. The first kappa shape index (κ1) is 13.8. The maximum atomic E-state index is 10.7. The SMILES string of the molecule is COc1ccc(C(N=C=O)c2ccc(OC)cc2)cc1. The Morgan fingerprint density at radius 1 is 0.850 bits per heavy atom. The molecule has 2 rings (SSSR count). The van der Waals surface area contributed by atoms with E-state index < -0.39 is 0 Å². The van der Waals surface area contributed by atoms with Gasteiger partial charge < -0.3 is 9.47 Å². The standard InChI is InChI=1S/C16H15NO3/c1-19-14-7-3-12(4-8-14)16(17-11-18)13-5-9-15(20-2)10-6-13/h3-10,16H,1-2H3. The van der Waals surface area contributed by atoms with Gasteiger partial charge in [0.25, 0.3) is 0 Å². The number of hydrogen-bond acceptors (Lipinski definition) is 4. The van der Waals surface area contributed by atoms with Crippen LogP contribution in [0.1, 0.15) is 17.2 Å². The van der Waals surface area contributed by atoms with Crippen LogP contribution in [0.2, 0.25) is 0 Å². The van der Waals surface area contributed by atoms with Crippen LogP contribution in [0, 0.1) is 0 Å². The minimum Gasteiger partial charge on any atom is -0.497 e. The molecule has 0 fully saturated rings. The van der Waals surface area contributed by atoms with Gasteiger partial charge in [-0.1, -0.05) is 24.3 Å². The minimum atomic E-state index is -0.371. The molecule has 0 atom stereocenters. The summed E-state index contributed by atoms with van der Waals surface area (Å²) >= 11 is 0. The molecular formula is C16H15NO3. The predicted molar refractivity (Wildman–Crippen MR) is 76.0 cm³/mol. The molecule has 0 saturated heterocycles. The minimum absolute atomic E-state index is 0.371. The second kappa shape index (κ2) is 6.55. The van der Waals surface area contributed by atoms with Crippen LogP contribution < -0.4 is 9.47 Å². The summed E-state index contributed by atoms with van der Waals surface area (Å²) in [6, 6.07) is 14.5. The van der Waals surface area contributed by atoms with Crippen molar-refractivity contribution < 1.29 is 14.3 Å². The Labute approximate surface area is 117 Å². The number of benzene rings is 2. The van der Waals surface area contributed by atoms with E-state index in [1.165, 1.54) is 0 Å². The second-order valence-corrected chi connectivity index (χ2v) is 4.17. The average molecular weight is 269 g/mol. The summed E-state index contributed by atoms with van der Waals surface area (Å²) < 4.78 is 10.2. The van der Waals surface area contributed by atoms with Crippen LogP contribution in [-0.4, -0.2) is 20.3 Å². The molecule has 0 amide bonds. The lowest BCUT2D eigenvalue weighted by Gasteiger charge is -2.12. The molecule has 102 valence electrons. The summed E-state index contributed by atoms with van der Waals surface area (Å²) in [5, 5.41) is 0. The van der Waals surface area contributed by atoms with Crippen molar-refractivity contribution in [3.8, 4) is 11.5 Å². The maximum absolute atomic E-state index is 10.7. The summed E-state index contributed by atoms with van der Waals surface area (Å²) in [4.78, 5) is 14.6. The molecule has 0 saturated carbocycles. The van der Waals surface area contributed by atoms with Crippen molar-refractivity contribution in [1.29, 1.82) is 0 Å². The van der Waals surface area contributed by atoms with E-state index in [1.54, 1.807) is 20.3 Å². The molecule has 0 bridgehead atoms. The highest BCUT2D eigenvalue weighted by Gasteiger charge is 2.13. The number of aliphatic imine (C=N–C) groups is 1. The quantitative estimate of drug-likeness (QED) is 0.619. The molecule has 0 radical (unpaired) electrons. The highest BCUT2D eigenvalue weighted by molar-refractivity contribution is 5.42. The van der Waals surface area contributed by atoms with Crippen molar-refractivity contribution in [3.63, 3.8) is 0 Å². The lowest BCUT2D eigenvalue weighted by Crippen LogP contribution is -1.98. The van der Waals surface area contributed by atoms with Gasteiger partial charge in [0.15, 0.2) is 0 Å². The number of carbonyl (C=O) groups excluding carboxylic acids is 1. The van der Waals surface area contributed by atoms with Gasteiger partial charge in [-0.15, -0.1) is 0 Å². The highest BCUT2D eigenvalue weighted by Crippen LogP contribution is 2.28. The third-order valence-electron chi connectivity index (χ3n) is 3.04. The smallest absolute Gasteiger partial charge is 0.235 e. The fourth-order valence-corrected chi connectivity index (χ4v) is 1.97. The molecule has 0 aliphatic carbocycles. The average Bonchev–Trinajstić information content (AvgIpc) is 2.53. The van der Waals surface area contributed by atoms with E-state index in [2.05, 4.69) is 4.99 Å².